The van der Waals surface area contributed by atoms with Crippen LogP contribution in [0.1, 0.15) is 41.3 Å². The number of imide groups is 1. The van der Waals surface area contributed by atoms with Crippen LogP contribution in [0.2, 0.25) is 0 Å². The van der Waals surface area contributed by atoms with Crippen molar-refractivity contribution in [2.24, 2.45) is 0 Å². The maximum atomic E-state index is 14.9. The van der Waals surface area contributed by atoms with Crippen molar-refractivity contribution in [2.75, 3.05) is 18.6 Å². The number of alkyl halides is 2. The van der Waals surface area contributed by atoms with E-state index >= 15 is 0 Å². The summed E-state index contributed by atoms with van der Waals surface area (Å²) in [7, 11) is -3.28. The van der Waals surface area contributed by atoms with Crippen molar-refractivity contribution in [1.29, 1.82) is 0 Å². The third-order valence-corrected chi connectivity index (χ3v) is 7.33. The Labute approximate surface area is 217 Å². The Morgan fingerprint density at radius 2 is 2.00 bits per heavy atom. The van der Waals surface area contributed by atoms with Crippen LogP contribution in [0.5, 0.6) is 5.75 Å². The van der Waals surface area contributed by atoms with E-state index < -0.39 is 45.4 Å². The molecule has 13 heteroatoms. The number of carbonyl (C=O) groups is 3. The van der Waals surface area contributed by atoms with Crippen molar-refractivity contribution in [3.8, 4) is 5.75 Å². The van der Waals surface area contributed by atoms with E-state index in [4.69, 9.17) is 4.74 Å². The third kappa shape index (κ3) is 6.17. The second-order valence-electron chi connectivity index (χ2n) is 9.31. The number of sulfone groups is 1. The molecule has 4 rings (SSSR count). The zero-order chi connectivity index (χ0) is 27.7. The summed E-state index contributed by atoms with van der Waals surface area (Å²) in [4.78, 5) is 37.6. The lowest BCUT2D eigenvalue weighted by Gasteiger charge is -2.31. The monoisotopic (exact) mass is 551 g/mol. The predicted molar refractivity (Wildman–Crippen MR) is 131 cm³/mol. The van der Waals surface area contributed by atoms with Crippen molar-refractivity contribution in [2.45, 2.75) is 44.1 Å². The Bertz CT molecular complexity index is 1370. The number of halogens is 2. The summed E-state index contributed by atoms with van der Waals surface area (Å²) >= 11 is 0. The second-order valence-corrected chi connectivity index (χ2v) is 11.6. The summed E-state index contributed by atoms with van der Waals surface area (Å²) in [5.74, 6) is -6.53. The second kappa shape index (κ2) is 10.8. The first-order valence-electron chi connectivity index (χ1n) is 11.8. The Morgan fingerprint density at radius 3 is 2.71 bits per heavy atom. The van der Waals surface area contributed by atoms with Crippen LogP contribution in [0.15, 0.2) is 42.5 Å². The summed E-state index contributed by atoms with van der Waals surface area (Å²) in [6.45, 7) is -0.207. The minimum atomic E-state index is -3.88. The highest BCUT2D eigenvalue weighted by Gasteiger charge is 2.42. The Morgan fingerprint density at radius 1 is 1.24 bits per heavy atom. The molecule has 2 aliphatic heterocycles. The van der Waals surface area contributed by atoms with E-state index in [0.29, 0.717) is 16.7 Å². The molecule has 0 radical (unpaired) electrons. The average Bonchev–Trinajstić information content (AvgIpc) is 3.17. The van der Waals surface area contributed by atoms with Crippen LogP contribution in [0, 0.1) is 0 Å². The van der Waals surface area contributed by atoms with Crippen molar-refractivity contribution >= 4 is 27.6 Å². The first kappa shape index (κ1) is 27.6. The molecule has 0 spiro atoms. The van der Waals surface area contributed by atoms with Gasteiger partial charge in [-0.2, -0.15) is 8.78 Å². The Balaban J connectivity index is 1.38. The molecule has 2 unspecified atom stereocenters. The van der Waals surface area contributed by atoms with Gasteiger partial charge in [0.2, 0.25) is 11.8 Å². The van der Waals surface area contributed by atoms with E-state index in [1.54, 1.807) is 23.1 Å². The quantitative estimate of drug-likeness (QED) is 0.394. The number of carbonyl (C=O) groups excluding carboxylic acids is 3. The number of nitrogens with zero attached hydrogens (tertiary/aromatic N) is 1. The molecule has 3 N–H and O–H groups in total. The molecule has 2 heterocycles. The van der Waals surface area contributed by atoms with Crippen molar-refractivity contribution in [3.63, 3.8) is 0 Å². The molecule has 0 bridgehead atoms. The fourth-order valence-corrected chi connectivity index (χ4v) is 4.80. The van der Waals surface area contributed by atoms with Gasteiger partial charge in [-0.3, -0.25) is 24.6 Å². The number of benzene rings is 2. The predicted octanol–water partition coefficient (Wildman–Crippen LogP) is 1.13. The van der Waals surface area contributed by atoms with Crippen LogP contribution in [0.3, 0.4) is 0 Å². The maximum absolute atomic E-state index is 14.9. The molecule has 2 aromatic carbocycles. The molecular formula is C25H27F2N3O7S. The summed E-state index contributed by atoms with van der Waals surface area (Å²) in [5, 5.41) is 15.2. The number of hydrogen-bond acceptors (Lipinski definition) is 8. The number of nitrogens with one attached hydrogen (secondary N) is 2. The smallest absolute Gasteiger partial charge is 0.349 e. The van der Waals surface area contributed by atoms with E-state index in [1.165, 1.54) is 12.1 Å². The first-order valence-corrected chi connectivity index (χ1v) is 13.9. The van der Waals surface area contributed by atoms with Gasteiger partial charge in [0, 0.05) is 31.3 Å². The topological polar surface area (TPSA) is 142 Å². The van der Waals surface area contributed by atoms with Crippen LogP contribution in [-0.2, 0) is 43.2 Å². The van der Waals surface area contributed by atoms with Crippen molar-refractivity contribution < 1.29 is 41.4 Å². The third-order valence-electron chi connectivity index (χ3n) is 6.42. The van der Waals surface area contributed by atoms with Gasteiger partial charge in [0.15, 0.2) is 9.84 Å². The summed E-state index contributed by atoms with van der Waals surface area (Å²) in [6.07, 6.45) is 0.409. The average molecular weight is 552 g/mol. The molecular weight excluding hydrogens is 524 g/mol. The van der Waals surface area contributed by atoms with Crippen LogP contribution >= 0.6 is 0 Å². The number of hydrogen-bond donors (Lipinski definition) is 3. The fraction of sp³-hybridized carbons (Fsp3) is 0.400. The molecule has 204 valence electrons. The highest BCUT2D eigenvalue weighted by molar-refractivity contribution is 7.90. The largest absolute Gasteiger partial charge is 0.493 e. The highest BCUT2D eigenvalue weighted by Crippen LogP contribution is 2.36. The Kier molecular flexibility index (Phi) is 7.81. The molecule has 0 aliphatic carbocycles. The van der Waals surface area contributed by atoms with Gasteiger partial charge in [0.1, 0.15) is 18.6 Å². The van der Waals surface area contributed by atoms with E-state index in [9.17, 15) is 36.7 Å². The van der Waals surface area contributed by atoms with Gasteiger partial charge in [-0.15, -0.1) is 0 Å². The van der Waals surface area contributed by atoms with Crippen LogP contribution in [0.25, 0.3) is 0 Å². The number of ether oxygens (including phenoxy) is 1. The van der Waals surface area contributed by atoms with Gasteiger partial charge in [-0.25, -0.2) is 8.42 Å². The number of aliphatic hydroxyl groups excluding tert-OH is 1. The van der Waals surface area contributed by atoms with E-state index in [2.05, 4.69) is 10.6 Å². The summed E-state index contributed by atoms with van der Waals surface area (Å²) < 4.78 is 57.4. The number of aliphatic hydroxyl groups is 1. The molecule has 2 atom stereocenters. The zero-order valence-corrected chi connectivity index (χ0v) is 21.3. The van der Waals surface area contributed by atoms with Crippen molar-refractivity contribution in [3.05, 3.63) is 64.7 Å². The van der Waals surface area contributed by atoms with Gasteiger partial charge >= 0.3 is 5.92 Å². The lowest BCUT2D eigenvalue weighted by atomic mass is 10.0. The number of fused-ring (bicyclic) bond motifs is 1. The fourth-order valence-electron chi connectivity index (χ4n) is 4.42. The molecule has 38 heavy (non-hydrogen) atoms. The molecule has 0 saturated carbocycles. The molecule has 1 saturated heterocycles. The van der Waals surface area contributed by atoms with Gasteiger partial charge in [-0.1, -0.05) is 30.3 Å². The van der Waals surface area contributed by atoms with Crippen LogP contribution in [0.4, 0.5) is 8.78 Å². The minimum absolute atomic E-state index is 0.0105. The Hall–Kier alpha value is -3.42. The van der Waals surface area contributed by atoms with E-state index in [1.807, 2.05) is 0 Å². The lowest BCUT2D eigenvalue weighted by Crippen LogP contribution is -2.51. The van der Waals surface area contributed by atoms with Gasteiger partial charge in [-0.05, 0) is 35.2 Å². The van der Waals surface area contributed by atoms with Gasteiger partial charge in [0.25, 0.3) is 5.91 Å². The number of amides is 3. The van der Waals surface area contributed by atoms with E-state index in [-0.39, 0.29) is 49.9 Å². The van der Waals surface area contributed by atoms with Crippen molar-refractivity contribution in [1.82, 2.24) is 15.5 Å². The van der Waals surface area contributed by atoms with Gasteiger partial charge < -0.3 is 15.2 Å². The summed E-state index contributed by atoms with van der Waals surface area (Å²) in [6, 6.07) is 8.92. The molecule has 2 aliphatic rings. The summed E-state index contributed by atoms with van der Waals surface area (Å²) in [5.41, 5.74) is 1.15. The number of piperidine rings is 1. The van der Waals surface area contributed by atoms with Crippen LogP contribution in [-0.4, -0.2) is 60.8 Å². The molecule has 1 fully saturated rings. The molecule has 3 amide bonds. The maximum Gasteiger partial charge on any atom is 0.349 e. The zero-order valence-electron chi connectivity index (χ0n) is 20.4. The first-order chi connectivity index (χ1) is 17.8. The lowest BCUT2D eigenvalue weighted by molar-refractivity contribution is -0.147. The highest BCUT2D eigenvalue weighted by atomic mass is 32.2. The minimum Gasteiger partial charge on any atom is -0.493 e. The SMILES string of the molecule is CS(=O)(=O)CCOc1cccc(C(F)(F)C(=O)NCc2ccc3c(c2)CN(C2CCC(=O)NC2=O)C3O)c1. The van der Waals surface area contributed by atoms with Gasteiger partial charge in [0.05, 0.1) is 11.8 Å². The van der Waals surface area contributed by atoms with E-state index in [0.717, 1.165) is 18.4 Å². The normalized spacial score (nSPS) is 20.1. The molecule has 2 aromatic rings. The number of rotatable bonds is 9. The van der Waals surface area contributed by atoms with Crippen LogP contribution < -0.4 is 15.4 Å². The standard InChI is InChI=1S/C25H27F2N3O7S/c1-38(35,36)10-9-37-18-4-2-3-17(12-18)25(26,27)24(34)28-13-15-5-6-19-16(11-15)14-30(23(19)33)20-7-8-21(31)29-22(20)32/h2-6,11-12,20,23,33H,7-10,13-14H2,1H3,(H,28,34)(H,29,31,32). The molecule has 10 nitrogen and oxygen atoms in total. The molecule has 0 aromatic heterocycles.